The summed E-state index contributed by atoms with van der Waals surface area (Å²) < 4.78 is 11.4. The Labute approximate surface area is 208 Å². The highest BCUT2D eigenvalue weighted by Gasteiger charge is 2.29. The predicted octanol–water partition coefficient (Wildman–Crippen LogP) is 1.54. The lowest BCUT2D eigenvalue weighted by Gasteiger charge is -2.30. The Hall–Kier alpha value is -3.77. The Kier molecular flexibility index (Phi) is 6.96. The number of likely N-dealkylation sites (tertiary alicyclic amines) is 1. The maximum Gasteiger partial charge on any atom is 0.318 e. The minimum atomic E-state index is -0.315. The molecule has 0 radical (unpaired) electrons. The Morgan fingerprint density at radius 3 is 2.47 bits per heavy atom. The molecular formula is C24H30N8O4. The topological polar surface area (TPSA) is 152 Å². The zero-order chi connectivity index (χ0) is 25.1. The van der Waals surface area contributed by atoms with E-state index in [1.165, 1.54) is 0 Å². The number of amides is 3. The molecule has 3 aromatic rings. The summed E-state index contributed by atoms with van der Waals surface area (Å²) in [5.74, 6) is 1.11. The number of urea groups is 1. The molecule has 12 nitrogen and oxygen atoms in total. The van der Waals surface area contributed by atoms with Crippen LogP contribution in [0.15, 0.2) is 28.8 Å². The predicted molar refractivity (Wildman–Crippen MR) is 134 cm³/mol. The minimum Gasteiger partial charge on any atom is -0.378 e. The first kappa shape index (κ1) is 23.9. The lowest BCUT2D eigenvalue weighted by molar-refractivity contribution is -0.119. The summed E-state index contributed by atoms with van der Waals surface area (Å²) in [5, 5.41) is 9.74. The van der Waals surface area contributed by atoms with Crippen LogP contribution in [0.2, 0.25) is 0 Å². The third kappa shape index (κ3) is 5.09. The molecule has 2 aliphatic rings. The van der Waals surface area contributed by atoms with Crippen molar-refractivity contribution in [2.75, 3.05) is 63.2 Å². The van der Waals surface area contributed by atoms with Crippen molar-refractivity contribution in [3.63, 3.8) is 0 Å². The number of nitrogens with two attached hydrogens (primary N) is 1. The van der Waals surface area contributed by atoms with Crippen LogP contribution in [-0.4, -0.2) is 84.9 Å². The third-order valence-corrected chi connectivity index (χ3v) is 6.62. The number of hydrogen-bond acceptors (Lipinski definition) is 9. The molecular weight excluding hydrogens is 464 g/mol. The molecule has 4 heterocycles. The number of primary amides is 1. The fourth-order valence-electron chi connectivity index (χ4n) is 4.70. The summed E-state index contributed by atoms with van der Waals surface area (Å²) in [6.07, 6.45) is 1.67. The first-order valence-electron chi connectivity index (χ1n) is 12.1. The standard InChI is InChI=1S/C24H30N8O4/c1-26-24(34)27-17-4-2-16(3-5-17)22-28-20-19(15-6-8-31(9-7-15)14-18(25)33)30-36-21(20)23(29-22)32-10-12-35-13-11-32/h2-5,15H,6-14H2,1H3,(H2,25,33)(H2,26,27,34). The number of nitrogens with zero attached hydrogens (tertiary/aromatic N) is 5. The summed E-state index contributed by atoms with van der Waals surface area (Å²) >= 11 is 0. The number of carbonyl (C=O) groups excluding carboxylic acids is 2. The summed E-state index contributed by atoms with van der Waals surface area (Å²) in [7, 11) is 1.57. The van der Waals surface area contributed by atoms with E-state index < -0.39 is 0 Å². The van der Waals surface area contributed by atoms with Gasteiger partial charge < -0.3 is 30.5 Å². The molecule has 2 aromatic heterocycles. The van der Waals surface area contributed by atoms with Crippen LogP contribution in [0.4, 0.5) is 16.3 Å². The minimum absolute atomic E-state index is 0.162. The van der Waals surface area contributed by atoms with Gasteiger partial charge in [-0.25, -0.2) is 14.8 Å². The molecule has 0 bridgehead atoms. The highest BCUT2D eigenvalue weighted by molar-refractivity contribution is 5.90. The van der Waals surface area contributed by atoms with Gasteiger partial charge in [-0.3, -0.25) is 9.69 Å². The van der Waals surface area contributed by atoms with Gasteiger partial charge in [0, 0.05) is 37.3 Å². The van der Waals surface area contributed by atoms with Crippen molar-refractivity contribution in [3.8, 4) is 11.4 Å². The molecule has 36 heavy (non-hydrogen) atoms. The highest BCUT2D eigenvalue weighted by Crippen LogP contribution is 2.36. The Bertz CT molecular complexity index is 1230. The molecule has 0 spiro atoms. The first-order valence-corrected chi connectivity index (χ1v) is 12.1. The fourth-order valence-corrected chi connectivity index (χ4v) is 4.70. The summed E-state index contributed by atoms with van der Waals surface area (Å²) in [6.45, 7) is 4.40. The van der Waals surface area contributed by atoms with E-state index in [0.29, 0.717) is 54.7 Å². The van der Waals surface area contributed by atoms with Crippen molar-refractivity contribution in [1.82, 2.24) is 25.3 Å². The lowest BCUT2D eigenvalue weighted by Crippen LogP contribution is -2.39. The first-order chi connectivity index (χ1) is 17.5. The Morgan fingerprint density at radius 2 is 1.81 bits per heavy atom. The van der Waals surface area contributed by atoms with Crippen molar-refractivity contribution in [3.05, 3.63) is 30.0 Å². The van der Waals surface area contributed by atoms with Crippen LogP contribution in [0.25, 0.3) is 22.5 Å². The molecule has 2 saturated heterocycles. The number of rotatable bonds is 6. The number of anilines is 2. The van der Waals surface area contributed by atoms with Gasteiger partial charge in [0.15, 0.2) is 11.6 Å². The van der Waals surface area contributed by atoms with E-state index in [4.69, 9.17) is 25.0 Å². The van der Waals surface area contributed by atoms with Gasteiger partial charge in [0.2, 0.25) is 11.5 Å². The Morgan fingerprint density at radius 1 is 1.08 bits per heavy atom. The van der Waals surface area contributed by atoms with Crippen LogP contribution in [-0.2, 0) is 9.53 Å². The SMILES string of the molecule is CNC(=O)Nc1ccc(-c2nc(N3CCOCC3)c3onc(C4CCN(CC(N)=O)CC4)c3n2)cc1. The van der Waals surface area contributed by atoms with Gasteiger partial charge in [0.25, 0.3) is 0 Å². The van der Waals surface area contributed by atoms with Crippen LogP contribution in [0, 0.1) is 0 Å². The van der Waals surface area contributed by atoms with Crippen LogP contribution in [0.3, 0.4) is 0 Å². The van der Waals surface area contributed by atoms with Gasteiger partial charge in [0.1, 0.15) is 11.2 Å². The molecule has 12 heteroatoms. The van der Waals surface area contributed by atoms with Crippen molar-refractivity contribution < 1.29 is 18.8 Å². The van der Waals surface area contributed by atoms with E-state index in [2.05, 4.69) is 25.6 Å². The summed E-state index contributed by atoms with van der Waals surface area (Å²) in [5.41, 5.74) is 8.96. The van der Waals surface area contributed by atoms with Crippen LogP contribution in [0.1, 0.15) is 24.5 Å². The number of carbonyl (C=O) groups is 2. The van der Waals surface area contributed by atoms with Crippen molar-refractivity contribution in [2.24, 2.45) is 5.73 Å². The molecule has 4 N–H and O–H groups in total. The Balaban J connectivity index is 1.49. The molecule has 2 fully saturated rings. The van der Waals surface area contributed by atoms with E-state index in [-0.39, 0.29) is 24.4 Å². The number of nitrogens with one attached hydrogen (secondary N) is 2. The van der Waals surface area contributed by atoms with Gasteiger partial charge in [0.05, 0.1) is 19.8 Å². The van der Waals surface area contributed by atoms with Gasteiger partial charge in [-0.2, -0.15) is 0 Å². The highest BCUT2D eigenvalue weighted by atomic mass is 16.5. The molecule has 1 aromatic carbocycles. The van der Waals surface area contributed by atoms with Gasteiger partial charge >= 0.3 is 6.03 Å². The number of hydrogen-bond donors (Lipinski definition) is 3. The lowest BCUT2D eigenvalue weighted by atomic mass is 9.93. The average Bonchev–Trinajstić information content (AvgIpc) is 3.33. The maximum absolute atomic E-state index is 11.6. The van der Waals surface area contributed by atoms with Gasteiger partial charge in [-0.05, 0) is 50.2 Å². The normalized spacial score (nSPS) is 17.3. The second-order valence-electron chi connectivity index (χ2n) is 9.01. The number of ether oxygens (including phenoxy) is 1. The number of piperidine rings is 1. The smallest absolute Gasteiger partial charge is 0.318 e. The molecule has 0 unspecified atom stereocenters. The number of fused-ring (bicyclic) bond motifs is 1. The van der Waals surface area contributed by atoms with E-state index >= 15 is 0 Å². The molecule has 5 rings (SSSR count). The van der Waals surface area contributed by atoms with Gasteiger partial charge in [-0.15, -0.1) is 0 Å². The third-order valence-electron chi connectivity index (χ3n) is 6.62. The second kappa shape index (κ2) is 10.5. The zero-order valence-electron chi connectivity index (χ0n) is 20.2. The van der Waals surface area contributed by atoms with Crippen molar-refractivity contribution in [2.45, 2.75) is 18.8 Å². The summed E-state index contributed by atoms with van der Waals surface area (Å²) in [4.78, 5) is 36.9. The van der Waals surface area contributed by atoms with E-state index in [0.717, 1.165) is 37.2 Å². The van der Waals surface area contributed by atoms with E-state index in [1.807, 2.05) is 24.3 Å². The quantitative estimate of drug-likeness (QED) is 0.463. The van der Waals surface area contributed by atoms with Crippen molar-refractivity contribution in [1.29, 1.82) is 0 Å². The van der Waals surface area contributed by atoms with E-state index in [9.17, 15) is 9.59 Å². The van der Waals surface area contributed by atoms with Crippen LogP contribution >= 0.6 is 0 Å². The fraction of sp³-hybridized carbons (Fsp3) is 0.458. The zero-order valence-corrected chi connectivity index (χ0v) is 20.2. The van der Waals surface area contributed by atoms with Crippen LogP contribution in [0.5, 0.6) is 0 Å². The molecule has 190 valence electrons. The monoisotopic (exact) mass is 494 g/mol. The molecule has 0 aliphatic carbocycles. The maximum atomic E-state index is 11.6. The second-order valence-corrected chi connectivity index (χ2v) is 9.01. The van der Waals surface area contributed by atoms with Crippen LogP contribution < -0.4 is 21.3 Å². The molecule has 2 aliphatic heterocycles. The molecule has 0 atom stereocenters. The number of benzene rings is 1. The van der Waals surface area contributed by atoms with Crippen molar-refractivity contribution >= 4 is 34.5 Å². The number of morpholine rings is 1. The van der Waals surface area contributed by atoms with Gasteiger partial charge in [-0.1, -0.05) is 5.16 Å². The average molecular weight is 495 g/mol. The molecule has 0 saturated carbocycles. The van der Waals surface area contributed by atoms with E-state index in [1.54, 1.807) is 7.05 Å². The summed E-state index contributed by atoms with van der Waals surface area (Å²) in [6, 6.07) is 7.10. The largest absolute Gasteiger partial charge is 0.378 e. The molecule has 3 amide bonds. The number of aromatic nitrogens is 3.